The van der Waals surface area contributed by atoms with Crippen molar-refractivity contribution in [2.45, 2.75) is 19.4 Å². The topological polar surface area (TPSA) is 107 Å². The molecule has 7 nitrogen and oxygen atoms in total. The predicted molar refractivity (Wildman–Crippen MR) is 75.6 cm³/mol. The summed E-state index contributed by atoms with van der Waals surface area (Å²) in [6, 6.07) is 0. The van der Waals surface area contributed by atoms with Crippen molar-refractivity contribution in [3.63, 3.8) is 0 Å². The summed E-state index contributed by atoms with van der Waals surface area (Å²) in [6.07, 6.45) is -0.442. The smallest absolute Gasteiger partial charge is 0.310 e. The average molecular weight is 299 g/mol. The second-order valence-corrected chi connectivity index (χ2v) is 5.38. The van der Waals surface area contributed by atoms with Gasteiger partial charge in [0.2, 0.25) is 0 Å². The Kier molecular flexibility index (Phi) is 5.02. The molecule has 3 N–H and O–H groups in total. The van der Waals surface area contributed by atoms with E-state index in [0.717, 1.165) is 11.5 Å². The van der Waals surface area contributed by atoms with E-state index in [1.165, 1.54) is 0 Å². The minimum absolute atomic E-state index is 0.0518. The van der Waals surface area contributed by atoms with Gasteiger partial charge in [-0.2, -0.15) is 11.8 Å². The molecule has 20 heavy (non-hydrogen) atoms. The van der Waals surface area contributed by atoms with Crippen LogP contribution in [0, 0.1) is 0 Å². The van der Waals surface area contributed by atoms with Gasteiger partial charge in [0, 0.05) is 11.5 Å². The Morgan fingerprint density at radius 3 is 3.05 bits per heavy atom. The number of ether oxygens (including phenoxy) is 2. The van der Waals surface area contributed by atoms with Crippen LogP contribution in [0.25, 0.3) is 0 Å². The zero-order valence-corrected chi connectivity index (χ0v) is 12.0. The third-order valence-electron chi connectivity index (χ3n) is 2.81. The molecule has 2 heterocycles. The van der Waals surface area contributed by atoms with E-state index in [1.807, 2.05) is 0 Å². The van der Waals surface area contributed by atoms with Gasteiger partial charge < -0.3 is 20.2 Å². The van der Waals surface area contributed by atoms with Gasteiger partial charge in [-0.1, -0.05) is 0 Å². The quantitative estimate of drug-likeness (QED) is 0.768. The molecule has 1 aromatic rings. The number of hydrogen-bond donors (Lipinski definition) is 2. The summed E-state index contributed by atoms with van der Waals surface area (Å²) in [5, 5.41) is 0. The van der Waals surface area contributed by atoms with Crippen LogP contribution in [-0.2, 0) is 20.7 Å². The summed E-state index contributed by atoms with van der Waals surface area (Å²) in [7, 11) is 0. The number of esters is 1. The van der Waals surface area contributed by atoms with Crippen molar-refractivity contribution in [2.75, 3.05) is 30.5 Å². The Bertz CT molecular complexity index is 540. The van der Waals surface area contributed by atoms with Crippen LogP contribution in [0.15, 0.2) is 4.79 Å². The summed E-state index contributed by atoms with van der Waals surface area (Å²) >= 11 is 1.73. The Labute approximate surface area is 120 Å². The molecular formula is C12H17N3O4S. The van der Waals surface area contributed by atoms with Gasteiger partial charge in [-0.3, -0.25) is 9.59 Å². The minimum atomic E-state index is -0.497. The molecule has 1 atom stereocenters. The molecule has 0 aromatic carbocycles. The van der Waals surface area contributed by atoms with Gasteiger partial charge in [0.05, 0.1) is 25.2 Å². The standard InChI is InChI=1S/C12H17N3O4S/c1-2-18-9(16)5-7-10(13)14-11(15-12(7)17)8-6-20-4-3-19-8/h8H,2-6H2,1H3,(H3,13,14,15,17). The normalized spacial score (nSPS) is 18.8. The van der Waals surface area contributed by atoms with E-state index >= 15 is 0 Å². The molecule has 8 heteroatoms. The molecule has 0 amide bonds. The summed E-state index contributed by atoms with van der Waals surface area (Å²) < 4.78 is 10.3. The maximum absolute atomic E-state index is 12.0. The number of aromatic nitrogens is 2. The molecule has 2 rings (SSSR count). The molecule has 110 valence electrons. The summed E-state index contributed by atoms with van der Waals surface area (Å²) in [6.45, 7) is 2.57. The highest BCUT2D eigenvalue weighted by molar-refractivity contribution is 7.99. The maximum atomic E-state index is 12.0. The lowest BCUT2D eigenvalue weighted by atomic mass is 10.2. The molecule has 0 bridgehead atoms. The van der Waals surface area contributed by atoms with E-state index in [1.54, 1.807) is 18.7 Å². The molecule has 1 aliphatic rings. The van der Waals surface area contributed by atoms with Crippen LogP contribution >= 0.6 is 11.8 Å². The lowest BCUT2D eigenvalue weighted by molar-refractivity contribution is -0.142. The van der Waals surface area contributed by atoms with E-state index < -0.39 is 11.5 Å². The lowest BCUT2D eigenvalue weighted by Crippen LogP contribution is -2.26. The van der Waals surface area contributed by atoms with E-state index in [2.05, 4.69) is 9.97 Å². The summed E-state index contributed by atoms with van der Waals surface area (Å²) in [4.78, 5) is 30.2. The van der Waals surface area contributed by atoms with Crippen LogP contribution in [-0.4, -0.2) is 40.7 Å². The number of nitrogens with zero attached hydrogens (tertiary/aromatic N) is 1. The van der Waals surface area contributed by atoms with Crippen LogP contribution in [0.1, 0.15) is 24.4 Å². The van der Waals surface area contributed by atoms with E-state index in [4.69, 9.17) is 15.2 Å². The van der Waals surface area contributed by atoms with Gasteiger partial charge in [-0.05, 0) is 6.92 Å². The Morgan fingerprint density at radius 2 is 2.45 bits per heavy atom. The Balaban J connectivity index is 2.20. The first-order chi connectivity index (χ1) is 9.61. The van der Waals surface area contributed by atoms with Crippen molar-refractivity contribution in [1.82, 2.24) is 9.97 Å². The second kappa shape index (κ2) is 6.76. The largest absolute Gasteiger partial charge is 0.466 e. The maximum Gasteiger partial charge on any atom is 0.310 e. The highest BCUT2D eigenvalue weighted by Gasteiger charge is 2.21. The fraction of sp³-hybridized carbons (Fsp3) is 0.583. The zero-order chi connectivity index (χ0) is 14.5. The molecule has 1 aliphatic heterocycles. The number of nitrogens with two attached hydrogens (primary N) is 1. The second-order valence-electron chi connectivity index (χ2n) is 4.23. The van der Waals surface area contributed by atoms with Gasteiger partial charge in [0.15, 0.2) is 0 Å². The molecule has 0 radical (unpaired) electrons. The number of carbonyl (C=O) groups excluding carboxylic acids is 1. The number of nitrogen functional groups attached to an aromatic ring is 1. The molecule has 1 unspecified atom stereocenters. The summed E-state index contributed by atoms with van der Waals surface area (Å²) in [5.74, 6) is 1.61. The number of rotatable bonds is 4. The van der Waals surface area contributed by atoms with Crippen molar-refractivity contribution >= 4 is 23.5 Å². The first-order valence-corrected chi connectivity index (χ1v) is 7.50. The summed E-state index contributed by atoms with van der Waals surface area (Å²) in [5.41, 5.74) is 5.49. The fourth-order valence-corrected chi connectivity index (χ4v) is 2.71. The first-order valence-electron chi connectivity index (χ1n) is 6.35. The highest BCUT2D eigenvalue weighted by Crippen LogP contribution is 2.24. The molecule has 0 spiro atoms. The van der Waals surface area contributed by atoms with Crippen molar-refractivity contribution in [1.29, 1.82) is 0 Å². The van der Waals surface area contributed by atoms with Crippen LogP contribution in [0.2, 0.25) is 0 Å². The molecule has 1 aromatic heterocycles. The molecule has 1 fully saturated rings. The SMILES string of the molecule is CCOC(=O)Cc1c(N)nc(C2CSCCO2)[nH]c1=O. The first kappa shape index (κ1) is 14.9. The number of aromatic amines is 1. The number of thioether (sulfide) groups is 1. The monoisotopic (exact) mass is 299 g/mol. The van der Waals surface area contributed by atoms with Crippen LogP contribution in [0.3, 0.4) is 0 Å². The number of anilines is 1. The fourth-order valence-electron chi connectivity index (χ4n) is 1.86. The number of hydrogen-bond acceptors (Lipinski definition) is 7. The molecule has 1 saturated heterocycles. The van der Waals surface area contributed by atoms with Crippen molar-refractivity contribution < 1.29 is 14.3 Å². The van der Waals surface area contributed by atoms with Crippen molar-refractivity contribution in [3.8, 4) is 0 Å². The molecule has 0 aliphatic carbocycles. The Hall–Kier alpha value is -1.54. The van der Waals surface area contributed by atoms with Gasteiger partial charge in [-0.15, -0.1) is 0 Å². The van der Waals surface area contributed by atoms with Crippen LogP contribution in [0.5, 0.6) is 0 Å². The van der Waals surface area contributed by atoms with Crippen molar-refractivity contribution in [2.24, 2.45) is 0 Å². The van der Waals surface area contributed by atoms with Crippen molar-refractivity contribution in [3.05, 3.63) is 21.7 Å². The number of H-pyrrole nitrogens is 1. The third kappa shape index (κ3) is 3.51. The highest BCUT2D eigenvalue weighted by atomic mass is 32.2. The van der Waals surface area contributed by atoms with E-state index in [9.17, 15) is 9.59 Å². The molecule has 0 saturated carbocycles. The number of carbonyl (C=O) groups is 1. The van der Waals surface area contributed by atoms with Crippen LogP contribution < -0.4 is 11.3 Å². The predicted octanol–water partition coefficient (Wildman–Crippen LogP) is 0.262. The Morgan fingerprint density at radius 1 is 1.65 bits per heavy atom. The van der Waals surface area contributed by atoms with Gasteiger partial charge >= 0.3 is 5.97 Å². The lowest BCUT2D eigenvalue weighted by Gasteiger charge is -2.21. The van der Waals surface area contributed by atoms with Crippen LogP contribution in [0.4, 0.5) is 5.82 Å². The number of nitrogens with one attached hydrogen (secondary N) is 1. The van der Waals surface area contributed by atoms with Gasteiger partial charge in [0.1, 0.15) is 17.7 Å². The zero-order valence-electron chi connectivity index (χ0n) is 11.2. The van der Waals surface area contributed by atoms with Gasteiger partial charge in [-0.25, -0.2) is 4.98 Å². The third-order valence-corrected chi connectivity index (χ3v) is 3.81. The minimum Gasteiger partial charge on any atom is -0.466 e. The van der Waals surface area contributed by atoms with E-state index in [-0.39, 0.29) is 30.5 Å². The molecular weight excluding hydrogens is 282 g/mol. The van der Waals surface area contributed by atoms with E-state index in [0.29, 0.717) is 12.4 Å². The van der Waals surface area contributed by atoms with Gasteiger partial charge in [0.25, 0.3) is 5.56 Å². The average Bonchev–Trinajstić information content (AvgIpc) is 2.44.